The highest BCUT2D eigenvalue weighted by Gasteiger charge is 2.63. The molecule has 0 N–H and O–H groups in total. The van der Waals surface area contributed by atoms with Crippen LogP contribution in [0.4, 0.5) is 0 Å². The van der Waals surface area contributed by atoms with Gasteiger partial charge in [0, 0.05) is 5.41 Å². The molecule has 0 radical (unpaired) electrons. The van der Waals surface area contributed by atoms with Gasteiger partial charge in [-0.15, -0.1) is 0 Å². The third-order valence-corrected chi connectivity index (χ3v) is 11.1. The van der Waals surface area contributed by atoms with Gasteiger partial charge in [-0.1, -0.05) is 47.0 Å². The summed E-state index contributed by atoms with van der Waals surface area (Å²) in [5.41, 5.74) is 1.25. The summed E-state index contributed by atoms with van der Waals surface area (Å²) in [5.74, 6) is 6.88. The first-order valence-corrected chi connectivity index (χ1v) is 13.1. The van der Waals surface area contributed by atoms with Gasteiger partial charge in [-0.05, 0) is 105 Å². The Kier molecular flexibility index (Phi) is 5.17. The fraction of sp³-hybridized carbons (Fsp3) is 1.00. The first kappa shape index (κ1) is 19.9. The minimum absolute atomic E-state index is 0.605. The van der Waals surface area contributed by atoms with Crippen LogP contribution in [0, 0.1) is 52.3 Å². The van der Waals surface area contributed by atoms with E-state index in [2.05, 4.69) is 27.7 Å². The van der Waals surface area contributed by atoms with E-state index in [1.165, 1.54) is 64.2 Å². The molecule has 5 rings (SSSR count). The summed E-state index contributed by atoms with van der Waals surface area (Å²) >= 11 is 0. The van der Waals surface area contributed by atoms with Gasteiger partial charge in [-0.3, -0.25) is 0 Å². The highest BCUT2D eigenvalue weighted by Crippen LogP contribution is 2.69. The van der Waals surface area contributed by atoms with Crippen LogP contribution in [-0.4, -0.2) is 12.7 Å². The Morgan fingerprint density at radius 2 is 1.71 bits per heavy atom. The molecule has 4 aliphatic carbocycles. The van der Waals surface area contributed by atoms with E-state index in [1.54, 1.807) is 12.8 Å². The molecular formula is C27H46O. The lowest BCUT2D eigenvalue weighted by molar-refractivity contribution is -0.111. The molecule has 9 atom stereocenters. The molecule has 1 nitrogen and oxygen atoms in total. The molecule has 4 saturated carbocycles. The Labute approximate surface area is 174 Å². The number of rotatable bonds is 5. The molecule has 5 aliphatic rings. The van der Waals surface area contributed by atoms with Gasteiger partial charge in [-0.25, -0.2) is 0 Å². The van der Waals surface area contributed by atoms with Gasteiger partial charge in [0.2, 0.25) is 0 Å². The summed E-state index contributed by atoms with van der Waals surface area (Å²) in [7, 11) is 0. The maximum absolute atomic E-state index is 6.35. The molecule has 5 fully saturated rings. The molecule has 1 aliphatic heterocycles. The van der Waals surface area contributed by atoms with Crippen molar-refractivity contribution in [1.82, 2.24) is 0 Å². The number of fused-ring (bicyclic) bond motifs is 4. The van der Waals surface area contributed by atoms with E-state index in [1.807, 2.05) is 0 Å². The lowest BCUT2D eigenvalue weighted by Gasteiger charge is -2.60. The lowest BCUT2D eigenvalue weighted by Crippen LogP contribution is -2.54. The van der Waals surface area contributed by atoms with Gasteiger partial charge in [0.1, 0.15) is 0 Å². The summed E-state index contributed by atoms with van der Waals surface area (Å²) in [4.78, 5) is 0. The SMILES string of the molecule is CC(C)CCC[C@H](C)[C@@H]1CC[C@@H]2[C@@H]3CC[C@H]4CC[C@H]5C[C@@]4(CO5)[C@H]3CC[C@]21C. The van der Waals surface area contributed by atoms with Crippen LogP contribution in [0.5, 0.6) is 0 Å². The van der Waals surface area contributed by atoms with Gasteiger partial charge in [-0.2, -0.15) is 0 Å². The number of hydrogen-bond acceptors (Lipinski definition) is 1. The average Bonchev–Trinajstić information content (AvgIpc) is 3.18. The Morgan fingerprint density at radius 1 is 0.893 bits per heavy atom. The molecule has 160 valence electrons. The van der Waals surface area contributed by atoms with Crippen molar-refractivity contribution in [2.24, 2.45) is 52.3 Å². The molecule has 0 aromatic rings. The van der Waals surface area contributed by atoms with Gasteiger partial charge in [0.15, 0.2) is 0 Å². The van der Waals surface area contributed by atoms with E-state index in [0.717, 1.165) is 48.0 Å². The molecule has 1 heterocycles. The van der Waals surface area contributed by atoms with Crippen LogP contribution < -0.4 is 0 Å². The monoisotopic (exact) mass is 386 g/mol. The molecular weight excluding hydrogens is 340 g/mol. The maximum Gasteiger partial charge on any atom is 0.0581 e. The predicted octanol–water partition coefficient (Wildman–Crippen LogP) is 7.49. The maximum atomic E-state index is 6.35. The smallest absolute Gasteiger partial charge is 0.0581 e. The first-order valence-electron chi connectivity index (χ1n) is 13.1. The molecule has 1 spiro atoms. The second-order valence-corrected chi connectivity index (χ2v) is 12.6. The summed E-state index contributed by atoms with van der Waals surface area (Å²) in [5, 5.41) is 0. The van der Waals surface area contributed by atoms with Gasteiger partial charge < -0.3 is 4.74 Å². The molecule has 0 amide bonds. The summed E-state index contributed by atoms with van der Waals surface area (Å²) < 4.78 is 6.35. The topological polar surface area (TPSA) is 9.23 Å². The van der Waals surface area contributed by atoms with Gasteiger partial charge in [0.05, 0.1) is 12.7 Å². The zero-order valence-electron chi connectivity index (χ0n) is 19.2. The van der Waals surface area contributed by atoms with Crippen LogP contribution in [0.15, 0.2) is 0 Å². The summed E-state index contributed by atoms with van der Waals surface area (Å²) in [6.07, 6.45) is 18.4. The highest BCUT2D eigenvalue weighted by atomic mass is 16.5. The zero-order valence-corrected chi connectivity index (χ0v) is 19.2. The normalized spacial score (nSPS) is 50.9. The van der Waals surface area contributed by atoms with E-state index >= 15 is 0 Å². The third kappa shape index (κ3) is 2.96. The molecule has 1 heteroatoms. The molecule has 28 heavy (non-hydrogen) atoms. The fourth-order valence-corrected chi connectivity index (χ4v) is 9.77. The second-order valence-electron chi connectivity index (χ2n) is 12.6. The van der Waals surface area contributed by atoms with Crippen LogP contribution in [0.25, 0.3) is 0 Å². The van der Waals surface area contributed by atoms with E-state index in [4.69, 9.17) is 4.74 Å². The molecule has 0 unspecified atom stereocenters. The van der Waals surface area contributed by atoms with Crippen molar-refractivity contribution in [1.29, 1.82) is 0 Å². The quantitative estimate of drug-likeness (QED) is 0.475. The summed E-state index contributed by atoms with van der Waals surface area (Å²) in [6, 6.07) is 0. The van der Waals surface area contributed by atoms with Crippen molar-refractivity contribution in [3.63, 3.8) is 0 Å². The number of ether oxygens (including phenoxy) is 1. The van der Waals surface area contributed by atoms with Crippen molar-refractivity contribution in [2.75, 3.05) is 6.61 Å². The standard InChI is InChI=1S/C27H46O/c1-18(2)6-5-7-19(3)23-12-13-24-22-11-9-20-8-10-21-16-27(20,17-28-21)25(22)14-15-26(23,24)4/h18-25H,5-17H2,1-4H3/t19-,20+,21-,22-,23-,24+,25-,26-,27-/m0/s1. The Morgan fingerprint density at radius 3 is 2.54 bits per heavy atom. The lowest BCUT2D eigenvalue weighted by atomic mass is 9.44. The zero-order chi connectivity index (χ0) is 19.5. The Balaban J connectivity index is 1.31. The van der Waals surface area contributed by atoms with E-state index in [9.17, 15) is 0 Å². The second kappa shape index (κ2) is 7.28. The minimum atomic E-state index is 0.605. The van der Waals surface area contributed by atoms with E-state index in [0.29, 0.717) is 16.9 Å². The Bertz CT molecular complexity index is 569. The van der Waals surface area contributed by atoms with Crippen LogP contribution in [0.1, 0.15) is 105 Å². The highest BCUT2D eigenvalue weighted by molar-refractivity contribution is 5.12. The largest absolute Gasteiger partial charge is 0.378 e. The van der Waals surface area contributed by atoms with Crippen molar-refractivity contribution >= 4 is 0 Å². The third-order valence-electron chi connectivity index (χ3n) is 11.1. The van der Waals surface area contributed by atoms with E-state index < -0.39 is 0 Å². The van der Waals surface area contributed by atoms with Crippen LogP contribution in [-0.2, 0) is 4.74 Å². The van der Waals surface area contributed by atoms with Gasteiger partial charge in [0.25, 0.3) is 0 Å². The minimum Gasteiger partial charge on any atom is -0.378 e. The van der Waals surface area contributed by atoms with Crippen LogP contribution >= 0.6 is 0 Å². The van der Waals surface area contributed by atoms with Crippen molar-refractivity contribution in [3.8, 4) is 0 Å². The molecule has 2 bridgehead atoms. The molecule has 0 aromatic heterocycles. The van der Waals surface area contributed by atoms with Crippen LogP contribution in [0.2, 0.25) is 0 Å². The van der Waals surface area contributed by atoms with Crippen molar-refractivity contribution < 1.29 is 4.74 Å². The van der Waals surface area contributed by atoms with Crippen molar-refractivity contribution in [3.05, 3.63) is 0 Å². The predicted molar refractivity (Wildman–Crippen MR) is 117 cm³/mol. The van der Waals surface area contributed by atoms with Crippen LogP contribution in [0.3, 0.4) is 0 Å². The Hall–Kier alpha value is -0.0400. The molecule has 0 aromatic carbocycles. The average molecular weight is 387 g/mol. The summed E-state index contributed by atoms with van der Waals surface area (Å²) in [6.45, 7) is 11.2. The fourth-order valence-electron chi connectivity index (χ4n) is 9.77. The number of hydrogen-bond donors (Lipinski definition) is 0. The first-order chi connectivity index (χ1) is 13.4. The van der Waals surface area contributed by atoms with E-state index in [-0.39, 0.29) is 0 Å². The van der Waals surface area contributed by atoms with Gasteiger partial charge >= 0.3 is 0 Å². The van der Waals surface area contributed by atoms with Crippen molar-refractivity contribution in [2.45, 2.75) is 111 Å². The molecule has 1 saturated heterocycles.